The van der Waals surface area contributed by atoms with Gasteiger partial charge in [0.1, 0.15) is 5.82 Å². The minimum Gasteiger partial charge on any atom is -0.339 e. The molecule has 0 aliphatic carbocycles. The zero-order chi connectivity index (χ0) is 24.3. The number of anilines is 1. The highest BCUT2D eigenvalue weighted by atomic mass is 35.5. The fourth-order valence-electron chi connectivity index (χ4n) is 3.88. The molecule has 6 nitrogen and oxygen atoms in total. The van der Waals surface area contributed by atoms with Crippen LogP contribution in [0.4, 0.5) is 14.9 Å². The van der Waals surface area contributed by atoms with Crippen LogP contribution in [0.2, 0.25) is 5.02 Å². The molecule has 0 bridgehead atoms. The number of hydrogen-bond donors (Lipinski definition) is 2. The molecule has 2 amide bonds. The molecule has 1 aromatic heterocycles. The molecule has 0 aliphatic rings. The maximum Gasteiger partial charge on any atom is 0.319 e. The monoisotopic (exact) mass is 499 g/mol. The lowest BCUT2D eigenvalue weighted by Crippen LogP contribution is -2.32. The zero-order valence-electron chi connectivity index (χ0n) is 18.4. The molecular formula is C25H23ClFN3O3S. The number of benzene rings is 3. The molecule has 176 valence electrons. The van der Waals surface area contributed by atoms with Crippen molar-refractivity contribution < 1.29 is 17.6 Å². The third-order valence-corrected chi connectivity index (χ3v) is 7.63. The molecule has 9 heteroatoms. The molecule has 1 heterocycles. The highest BCUT2D eigenvalue weighted by molar-refractivity contribution is 7.91. The molecule has 2 N–H and O–H groups in total. The fourth-order valence-corrected chi connectivity index (χ4v) is 5.65. The molecule has 0 saturated carbocycles. The highest BCUT2D eigenvalue weighted by Crippen LogP contribution is 2.31. The van der Waals surface area contributed by atoms with Crippen LogP contribution in [-0.4, -0.2) is 31.3 Å². The summed E-state index contributed by atoms with van der Waals surface area (Å²) in [5.41, 5.74) is 2.77. The van der Waals surface area contributed by atoms with E-state index in [0.717, 1.165) is 11.1 Å². The number of carbonyl (C=O) groups excluding carboxylic acids is 1. The van der Waals surface area contributed by atoms with Crippen molar-refractivity contribution in [3.63, 3.8) is 0 Å². The van der Waals surface area contributed by atoms with Gasteiger partial charge in [-0.25, -0.2) is 17.6 Å². The van der Waals surface area contributed by atoms with Crippen LogP contribution in [0.25, 0.3) is 10.9 Å². The Kier molecular flexibility index (Phi) is 6.90. The Bertz CT molecular complexity index is 1430. The number of amides is 2. The average Bonchev–Trinajstić information content (AvgIpc) is 3.09. The quantitative estimate of drug-likeness (QED) is 0.358. The van der Waals surface area contributed by atoms with Gasteiger partial charge in [0.15, 0.2) is 9.84 Å². The number of sulfone groups is 1. The number of nitrogens with zero attached hydrogens (tertiary/aromatic N) is 1. The van der Waals surface area contributed by atoms with Crippen LogP contribution in [0.5, 0.6) is 0 Å². The SMILES string of the molecule is Cc1c(S(=O)(=O)CCNC(=O)Nc2ccc(Cl)cc2)c2ccccc2n1Cc1ccc(F)cc1. The van der Waals surface area contributed by atoms with Crippen LogP contribution in [0.1, 0.15) is 11.3 Å². The van der Waals surface area contributed by atoms with Gasteiger partial charge in [0.2, 0.25) is 0 Å². The lowest BCUT2D eigenvalue weighted by Gasteiger charge is -2.10. The van der Waals surface area contributed by atoms with Gasteiger partial charge in [-0.1, -0.05) is 41.9 Å². The molecule has 0 fully saturated rings. The smallest absolute Gasteiger partial charge is 0.319 e. The Hall–Kier alpha value is -3.36. The lowest BCUT2D eigenvalue weighted by atomic mass is 10.2. The van der Waals surface area contributed by atoms with E-state index in [9.17, 15) is 17.6 Å². The lowest BCUT2D eigenvalue weighted by molar-refractivity contribution is 0.252. The second-order valence-electron chi connectivity index (χ2n) is 7.85. The molecule has 0 radical (unpaired) electrons. The molecule has 34 heavy (non-hydrogen) atoms. The summed E-state index contributed by atoms with van der Waals surface area (Å²) >= 11 is 5.84. The van der Waals surface area contributed by atoms with Gasteiger partial charge in [-0.3, -0.25) is 0 Å². The average molecular weight is 500 g/mol. The van der Waals surface area contributed by atoms with Gasteiger partial charge < -0.3 is 15.2 Å². The Morgan fingerprint density at radius 1 is 1.00 bits per heavy atom. The molecular weight excluding hydrogens is 477 g/mol. The van der Waals surface area contributed by atoms with Gasteiger partial charge in [-0.15, -0.1) is 0 Å². The summed E-state index contributed by atoms with van der Waals surface area (Å²) in [7, 11) is -3.71. The van der Waals surface area contributed by atoms with Crippen molar-refractivity contribution in [3.8, 4) is 0 Å². The number of halogens is 2. The van der Waals surface area contributed by atoms with Crippen LogP contribution in [0.3, 0.4) is 0 Å². The number of para-hydroxylation sites is 1. The van der Waals surface area contributed by atoms with Gasteiger partial charge in [-0.05, 0) is 55.0 Å². The Morgan fingerprint density at radius 2 is 1.68 bits per heavy atom. The molecule has 4 rings (SSSR count). The van der Waals surface area contributed by atoms with Crippen molar-refractivity contribution in [3.05, 3.63) is 94.9 Å². The molecule has 0 aliphatic heterocycles. The van der Waals surface area contributed by atoms with Gasteiger partial charge in [0.25, 0.3) is 0 Å². The van der Waals surface area contributed by atoms with Crippen LogP contribution < -0.4 is 10.6 Å². The first-order valence-electron chi connectivity index (χ1n) is 10.6. The molecule has 0 spiro atoms. The van der Waals surface area contributed by atoms with Crippen LogP contribution in [0.15, 0.2) is 77.7 Å². The van der Waals surface area contributed by atoms with Gasteiger partial charge >= 0.3 is 6.03 Å². The number of hydrogen-bond acceptors (Lipinski definition) is 3. The predicted molar refractivity (Wildman–Crippen MR) is 133 cm³/mol. The fraction of sp³-hybridized carbons (Fsp3) is 0.160. The third kappa shape index (κ3) is 5.24. The van der Waals surface area contributed by atoms with Crippen molar-refractivity contribution in [2.45, 2.75) is 18.4 Å². The first-order chi connectivity index (χ1) is 16.2. The van der Waals surface area contributed by atoms with Crippen LogP contribution in [0, 0.1) is 12.7 Å². The number of rotatable bonds is 7. The second-order valence-corrected chi connectivity index (χ2v) is 10.3. The molecule has 4 aromatic rings. The summed E-state index contributed by atoms with van der Waals surface area (Å²) in [5, 5.41) is 6.39. The Labute approximate surface area is 202 Å². The summed E-state index contributed by atoms with van der Waals surface area (Å²) < 4.78 is 41.8. The van der Waals surface area contributed by atoms with E-state index in [4.69, 9.17) is 11.6 Å². The first-order valence-corrected chi connectivity index (χ1v) is 12.6. The second kappa shape index (κ2) is 9.87. The summed E-state index contributed by atoms with van der Waals surface area (Å²) in [5.74, 6) is -0.583. The maximum absolute atomic E-state index is 13.3. The van der Waals surface area contributed by atoms with Crippen molar-refractivity contribution in [2.24, 2.45) is 0 Å². The normalized spacial score (nSPS) is 11.5. The largest absolute Gasteiger partial charge is 0.339 e. The topological polar surface area (TPSA) is 80.2 Å². The van der Waals surface area contributed by atoms with Crippen LogP contribution >= 0.6 is 11.6 Å². The van der Waals surface area contributed by atoms with E-state index < -0.39 is 15.9 Å². The summed E-state index contributed by atoms with van der Waals surface area (Å²) in [6.07, 6.45) is 0. The summed E-state index contributed by atoms with van der Waals surface area (Å²) in [6.45, 7) is 2.11. The van der Waals surface area contributed by atoms with E-state index in [1.165, 1.54) is 12.1 Å². The minimum absolute atomic E-state index is 0.0569. The van der Waals surface area contributed by atoms with E-state index in [-0.39, 0.29) is 23.0 Å². The molecule has 0 unspecified atom stereocenters. The summed E-state index contributed by atoms with van der Waals surface area (Å²) in [4.78, 5) is 12.4. The van der Waals surface area contributed by atoms with E-state index in [0.29, 0.717) is 28.3 Å². The van der Waals surface area contributed by atoms with Crippen LogP contribution in [-0.2, 0) is 16.4 Å². The number of fused-ring (bicyclic) bond motifs is 1. The Morgan fingerprint density at radius 3 is 2.38 bits per heavy atom. The van der Waals surface area contributed by atoms with E-state index >= 15 is 0 Å². The van der Waals surface area contributed by atoms with E-state index in [1.807, 2.05) is 16.7 Å². The summed E-state index contributed by atoms with van der Waals surface area (Å²) in [6, 6.07) is 19.5. The standard InChI is InChI=1S/C25H23ClFN3O3S/c1-17-24(34(32,33)15-14-28-25(31)29-21-12-8-19(26)9-13-21)22-4-2-3-5-23(22)30(17)16-18-6-10-20(27)11-7-18/h2-13H,14-16H2,1H3,(H2,28,29,31). The van der Waals surface area contributed by atoms with Gasteiger partial charge in [0, 0.05) is 40.4 Å². The predicted octanol–water partition coefficient (Wildman–Crippen LogP) is 5.39. The van der Waals surface area contributed by atoms with Gasteiger partial charge in [-0.2, -0.15) is 0 Å². The Balaban J connectivity index is 1.52. The van der Waals surface area contributed by atoms with E-state index in [1.54, 1.807) is 55.5 Å². The molecule has 0 atom stereocenters. The zero-order valence-corrected chi connectivity index (χ0v) is 20.0. The molecule has 0 saturated heterocycles. The number of aromatic nitrogens is 1. The third-order valence-electron chi connectivity index (χ3n) is 5.50. The van der Waals surface area contributed by atoms with Crippen molar-refractivity contribution in [1.29, 1.82) is 0 Å². The highest BCUT2D eigenvalue weighted by Gasteiger charge is 2.25. The van der Waals surface area contributed by atoms with E-state index in [2.05, 4.69) is 10.6 Å². The van der Waals surface area contributed by atoms with Gasteiger partial charge in [0.05, 0.1) is 10.6 Å². The number of carbonyl (C=O) groups is 1. The maximum atomic E-state index is 13.3. The van der Waals surface area contributed by atoms with Crippen molar-refractivity contribution in [2.75, 3.05) is 17.6 Å². The van der Waals surface area contributed by atoms with Crippen molar-refractivity contribution in [1.82, 2.24) is 9.88 Å². The minimum atomic E-state index is -3.71. The first kappa shape index (κ1) is 23.8. The number of nitrogens with one attached hydrogen (secondary N) is 2. The molecule has 3 aromatic carbocycles. The number of urea groups is 1. The van der Waals surface area contributed by atoms with Crippen molar-refractivity contribution >= 4 is 44.1 Å².